The summed E-state index contributed by atoms with van der Waals surface area (Å²) in [7, 11) is 0. The Kier molecular flexibility index (Phi) is 3.24. The van der Waals surface area contributed by atoms with Crippen molar-refractivity contribution < 1.29 is 4.74 Å². The van der Waals surface area contributed by atoms with Gasteiger partial charge in [0.05, 0.1) is 5.69 Å². The highest BCUT2D eigenvalue weighted by atomic mass is 16.5. The number of anilines is 1. The molecule has 0 unspecified atom stereocenters. The van der Waals surface area contributed by atoms with Gasteiger partial charge in [0.15, 0.2) is 0 Å². The average molecular weight is 242 g/mol. The Balaban J connectivity index is 2.43. The van der Waals surface area contributed by atoms with Gasteiger partial charge < -0.3 is 10.5 Å². The highest BCUT2D eigenvalue weighted by molar-refractivity contribution is 5.53. The number of benzene rings is 1. The summed E-state index contributed by atoms with van der Waals surface area (Å²) in [5.41, 5.74) is 10.9. The van der Waals surface area contributed by atoms with Crippen molar-refractivity contribution in [1.82, 2.24) is 4.98 Å². The fourth-order valence-corrected chi connectivity index (χ4v) is 1.84. The van der Waals surface area contributed by atoms with Crippen LogP contribution in [0.2, 0.25) is 0 Å². The minimum Gasteiger partial charge on any atom is -0.437 e. The lowest BCUT2D eigenvalue weighted by Crippen LogP contribution is -1.99. The molecule has 18 heavy (non-hydrogen) atoms. The SMILES string of the molecule is Cc1cnc(Oc2c(C)ccc(C)c2C)c(N)c1. The van der Waals surface area contributed by atoms with Crippen LogP contribution < -0.4 is 10.5 Å². The average Bonchev–Trinajstić information content (AvgIpc) is 2.32. The first-order valence-electron chi connectivity index (χ1n) is 5.96. The van der Waals surface area contributed by atoms with Crippen molar-refractivity contribution in [2.75, 3.05) is 5.73 Å². The molecule has 2 aromatic rings. The van der Waals surface area contributed by atoms with Crippen LogP contribution >= 0.6 is 0 Å². The van der Waals surface area contributed by atoms with Gasteiger partial charge in [-0.3, -0.25) is 0 Å². The summed E-state index contributed by atoms with van der Waals surface area (Å²) in [6.45, 7) is 8.08. The van der Waals surface area contributed by atoms with Gasteiger partial charge in [-0.25, -0.2) is 4.98 Å². The molecule has 0 saturated heterocycles. The summed E-state index contributed by atoms with van der Waals surface area (Å²) in [5.74, 6) is 1.32. The molecule has 0 amide bonds. The molecule has 0 spiro atoms. The third kappa shape index (κ3) is 2.30. The van der Waals surface area contributed by atoms with Gasteiger partial charge in [0, 0.05) is 6.20 Å². The summed E-state index contributed by atoms with van der Waals surface area (Å²) in [5, 5.41) is 0. The monoisotopic (exact) mass is 242 g/mol. The van der Waals surface area contributed by atoms with Crippen molar-refractivity contribution in [3.8, 4) is 11.6 Å². The van der Waals surface area contributed by atoms with Crippen molar-refractivity contribution in [3.05, 3.63) is 46.6 Å². The Labute approximate surface area is 108 Å². The predicted molar refractivity (Wildman–Crippen MR) is 74.1 cm³/mol. The molecule has 2 N–H and O–H groups in total. The molecule has 3 heteroatoms. The zero-order valence-corrected chi connectivity index (χ0v) is 11.2. The van der Waals surface area contributed by atoms with E-state index in [1.54, 1.807) is 6.20 Å². The molecule has 0 atom stereocenters. The molecule has 1 aromatic carbocycles. The van der Waals surface area contributed by atoms with E-state index in [1.807, 2.05) is 32.9 Å². The summed E-state index contributed by atoms with van der Waals surface area (Å²) < 4.78 is 5.87. The van der Waals surface area contributed by atoms with E-state index < -0.39 is 0 Å². The molecule has 1 aromatic heterocycles. The van der Waals surface area contributed by atoms with Crippen molar-refractivity contribution in [2.24, 2.45) is 0 Å². The third-order valence-corrected chi connectivity index (χ3v) is 3.09. The number of rotatable bonds is 2. The lowest BCUT2D eigenvalue weighted by molar-refractivity contribution is 0.458. The predicted octanol–water partition coefficient (Wildman–Crippen LogP) is 3.69. The van der Waals surface area contributed by atoms with E-state index in [4.69, 9.17) is 10.5 Å². The number of aryl methyl sites for hydroxylation is 3. The number of aromatic nitrogens is 1. The van der Waals surface area contributed by atoms with E-state index in [1.165, 1.54) is 5.56 Å². The molecule has 0 aliphatic carbocycles. The lowest BCUT2D eigenvalue weighted by Gasteiger charge is -2.14. The molecule has 0 bridgehead atoms. The van der Waals surface area contributed by atoms with Crippen molar-refractivity contribution in [3.63, 3.8) is 0 Å². The van der Waals surface area contributed by atoms with E-state index in [0.717, 1.165) is 22.4 Å². The number of pyridine rings is 1. The van der Waals surface area contributed by atoms with Crippen molar-refractivity contribution in [1.29, 1.82) is 0 Å². The lowest BCUT2D eigenvalue weighted by atomic mass is 10.1. The summed E-state index contributed by atoms with van der Waals surface area (Å²) in [4.78, 5) is 4.24. The zero-order chi connectivity index (χ0) is 13.3. The highest BCUT2D eigenvalue weighted by Gasteiger charge is 2.10. The normalized spacial score (nSPS) is 10.4. The van der Waals surface area contributed by atoms with Crippen molar-refractivity contribution in [2.45, 2.75) is 27.7 Å². The van der Waals surface area contributed by atoms with Gasteiger partial charge in [-0.1, -0.05) is 12.1 Å². The van der Waals surface area contributed by atoms with E-state index in [9.17, 15) is 0 Å². The van der Waals surface area contributed by atoms with Gasteiger partial charge in [-0.15, -0.1) is 0 Å². The van der Waals surface area contributed by atoms with Gasteiger partial charge in [0.1, 0.15) is 5.75 Å². The Morgan fingerprint density at radius 3 is 2.39 bits per heavy atom. The van der Waals surface area contributed by atoms with Crippen LogP contribution in [0.3, 0.4) is 0 Å². The van der Waals surface area contributed by atoms with E-state index in [2.05, 4.69) is 18.0 Å². The summed E-state index contributed by atoms with van der Waals surface area (Å²) in [6.07, 6.45) is 1.76. The van der Waals surface area contributed by atoms with Gasteiger partial charge in [0.2, 0.25) is 5.88 Å². The molecule has 94 valence electrons. The van der Waals surface area contributed by atoms with Crippen molar-refractivity contribution >= 4 is 5.69 Å². The second kappa shape index (κ2) is 4.69. The molecule has 0 aliphatic heterocycles. The van der Waals surface area contributed by atoms with E-state index in [0.29, 0.717) is 11.6 Å². The summed E-state index contributed by atoms with van der Waals surface area (Å²) >= 11 is 0. The van der Waals surface area contributed by atoms with Gasteiger partial charge >= 0.3 is 0 Å². The number of hydrogen-bond acceptors (Lipinski definition) is 3. The topological polar surface area (TPSA) is 48.1 Å². The van der Waals surface area contributed by atoms with Crippen LogP contribution in [0.5, 0.6) is 11.6 Å². The second-order valence-corrected chi connectivity index (χ2v) is 4.66. The van der Waals surface area contributed by atoms with E-state index >= 15 is 0 Å². The third-order valence-electron chi connectivity index (χ3n) is 3.09. The summed E-state index contributed by atoms with van der Waals surface area (Å²) in [6, 6.07) is 5.99. The largest absolute Gasteiger partial charge is 0.437 e. The first-order chi connectivity index (χ1) is 8.49. The fraction of sp³-hybridized carbons (Fsp3) is 0.267. The Hall–Kier alpha value is -2.03. The Bertz CT molecular complexity index is 591. The molecule has 0 aliphatic rings. The Morgan fingerprint density at radius 1 is 1.06 bits per heavy atom. The molecule has 1 heterocycles. The van der Waals surface area contributed by atoms with Crippen LogP contribution in [0.15, 0.2) is 24.4 Å². The van der Waals surface area contributed by atoms with Crippen LogP contribution in [0.4, 0.5) is 5.69 Å². The first-order valence-corrected chi connectivity index (χ1v) is 5.96. The number of nitrogens with zero attached hydrogens (tertiary/aromatic N) is 1. The minimum atomic E-state index is 0.470. The van der Waals surface area contributed by atoms with Gasteiger partial charge in [-0.2, -0.15) is 0 Å². The maximum absolute atomic E-state index is 5.92. The number of hydrogen-bond donors (Lipinski definition) is 1. The molecular formula is C15H18N2O. The number of nitrogens with two attached hydrogens (primary N) is 1. The minimum absolute atomic E-state index is 0.470. The second-order valence-electron chi connectivity index (χ2n) is 4.66. The molecular weight excluding hydrogens is 224 g/mol. The van der Waals surface area contributed by atoms with Gasteiger partial charge in [0.25, 0.3) is 0 Å². The first kappa shape index (κ1) is 12.4. The maximum Gasteiger partial charge on any atom is 0.242 e. The Morgan fingerprint density at radius 2 is 1.72 bits per heavy atom. The van der Waals surface area contributed by atoms with E-state index in [-0.39, 0.29) is 0 Å². The zero-order valence-electron chi connectivity index (χ0n) is 11.2. The van der Waals surface area contributed by atoms with Crippen LogP contribution in [0.25, 0.3) is 0 Å². The molecule has 0 saturated carbocycles. The smallest absolute Gasteiger partial charge is 0.242 e. The maximum atomic E-state index is 5.92. The van der Waals surface area contributed by atoms with Crippen LogP contribution in [-0.4, -0.2) is 4.98 Å². The molecule has 0 fully saturated rings. The standard InChI is InChI=1S/C15H18N2O/c1-9-7-13(16)15(17-8-9)18-14-11(3)6-5-10(2)12(14)4/h5-8H,16H2,1-4H3. The van der Waals surface area contributed by atoms with Crippen LogP contribution in [0, 0.1) is 27.7 Å². The quantitative estimate of drug-likeness (QED) is 0.873. The molecule has 3 nitrogen and oxygen atoms in total. The highest BCUT2D eigenvalue weighted by Crippen LogP contribution is 2.32. The number of ether oxygens (including phenoxy) is 1. The fourth-order valence-electron chi connectivity index (χ4n) is 1.84. The van der Waals surface area contributed by atoms with Gasteiger partial charge in [-0.05, 0) is 56.0 Å². The van der Waals surface area contributed by atoms with Crippen LogP contribution in [0.1, 0.15) is 22.3 Å². The molecule has 2 rings (SSSR count). The number of nitrogen functional groups attached to an aromatic ring is 1. The molecule has 0 radical (unpaired) electrons. The van der Waals surface area contributed by atoms with Crippen LogP contribution in [-0.2, 0) is 0 Å².